The van der Waals surface area contributed by atoms with Crippen LogP contribution < -0.4 is 10.5 Å². The van der Waals surface area contributed by atoms with Crippen LogP contribution in [0.25, 0.3) is 11.6 Å². The molecule has 0 aliphatic carbocycles. The number of rotatable bonds is 0. The molecule has 0 spiro atoms. The number of pyridine rings is 1. The first-order valence-corrected chi connectivity index (χ1v) is 9.07. The Labute approximate surface area is 181 Å². The summed E-state index contributed by atoms with van der Waals surface area (Å²) in [5, 5.41) is 14.9. The fourth-order valence-corrected chi connectivity index (χ4v) is 3.02. The SMILES string of the molecule is [B]C1Oc2nc(c(N)cc2C(F)(F)F)-c2nnc(o2)C(O)(C(F)(F)F)CCCCC1([B])[B]. The average molecular weight is 456 g/mol. The highest BCUT2D eigenvalue weighted by Crippen LogP contribution is 2.45. The molecule has 3 heterocycles. The van der Waals surface area contributed by atoms with Crippen molar-refractivity contribution in [3.8, 4) is 17.5 Å². The first-order chi connectivity index (χ1) is 14.6. The van der Waals surface area contributed by atoms with Crippen LogP contribution in [-0.2, 0) is 11.8 Å². The van der Waals surface area contributed by atoms with E-state index in [4.69, 9.17) is 38.4 Å². The van der Waals surface area contributed by atoms with E-state index in [2.05, 4.69) is 15.2 Å². The molecule has 2 atom stereocenters. The van der Waals surface area contributed by atoms with E-state index in [9.17, 15) is 31.4 Å². The lowest BCUT2D eigenvalue weighted by atomic mass is 9.45. The van der Waals surface area contributed by atoms with Gasteiger partial charge in [-0.1, -0.05) is 18.1 Å². The first kappa shape index (κ1) is 24.3. The van der Waals surface area contributed by atoms with Crippen LogP contribution in [-0.4, -0.2) is 56.0 Å². The van der Waals surface area contributed by atoms with E-state index in [1.54, 1.807) is 0 Å². The van der Waals surface area contributed by atoms with E-state index in [0.29, 0.717) is 6.07 Å². The van der Waals surface area contributed by atoms with Crippen LogP contribution >= 0.6 is 0 Å². The second-order valence-corrected chi connectivity index (χ2v) is 7.41. The van der Waals surface area contributed by atoms with Gasteiger partial charge >= 0.3 is 12.4 Å². The monoisotopic (exact) mass is 456 g/mol. The fraction of sp³-hybridized carbons (Fsp3) is 0.562. The summed E-state index contributed by atoms with van der Waals surface area (Å²) in [5.74, 6) is -3.11. The van der Waals surface area contributed by atoms with Gasteiger partial charge in [-0.05, 0) is 18.9 Å². The minimum absolute atomic E-state index is 0.101. The molecule has 32 heavy (non-hydrogen) atoms. The number of hydrogen-bond acceptors (Lipinski definition) is 7. The Bertz CT molecular complexity index is 1000. The number of alkyl halides is 6. The van der Waals surface area contributed by atoms with Crippen LogP contribution in [0.1, 0.15) is 37.1 Å². The molecule has 0 aromatic carbocycles. The van der Waals surface area contributed by atoms with Crippen molar-refractivity contribution in [2.45, 2.75) is 54.9 Å². The third kappa shape index (κ3) is 4.41. The molecular formula is C16H13B3F6N4O3. The number of anilines is 1. The summed E-state index contributed by atoms with van der Waals surface area (Å²) in [4.78, 5) is 3.58. The van der Waals surface area contributed by atoms with E-state index in [-0.39, 0.29) is 19.3 Å². The van der Waals surface area contributed by atoms with Gasteiger partial charge in [0, 0.05) is 6.00 Å². The number of halogens is 6. The summed E-state index contributed by atoms with van der Waals surface area (Å²) in [6.45, 7) is 0. The van der Waals surface area contributed by atoms with Crippen LogP contribution in [0.3, 0.4) is 0 Å². The Hall–Kier alpha value is -2.38. The number of aliphatic hydroxyl groups is 1. The molecule has 2 unspecified atom stereocenters. The molecular weight excluding hydrogens is 443 g/mol. The zero-order valence-corrected chi connectivity index (χ0v) is 16.2. The van der Waals surface area contributed by atoms with Gasteiger partial charge in [0.05, 0.1) is 21.4 Å². The van der Waals surface area contributed by atoms with E-state index >= 15 is 0 Å². The van der Waals surface area contributed by atoms with Crippen molar-refractivity contribution < 1.29 is 40.6 Å². The second-order valence-electron chi connectivity index (χ2n) is 7.41. The van der Waals surface area contributed by atoms with Gasteiger partial charge in [-0.2, -0.15) is 26.3 Å². The Morgan fingerprint density at radius 2 is 1.72 bits per heavy atom. The summed E-state index contributed by atoms with van der Waals surface area (Å²) in [6, 6.07) is -1.33. The lowest BCUT2D eigenvalue weighted by Gasteiger charge is -2.35. The Morgan fingerprint density at radius 3 is 2.31 bits per heavy atom. The van der Waals surface area contributed by atoms with Crippen molar-refractivity contribution in [2.24, 2.45) is 0 Å². The van der Waals surface area contributed by atoms with Crippen molar-refractivity contribution in [2.75, 3.05) is 5.73 Å². The van der Waals surface area contributed by atoms with E-state index in [1.807, 2.05) is 0 Å². The number of nitrogen functional groups attached to an aromatic ring is 1. The maximum Gasteiger partial charge on any atom is 0.426 e. The highest BCUT2D eigenvalue weighted by molar-refractivity contribution is 6.43. The fourth-order valence-electron chi connectivity index (χ4n) is 3.02. The standard InChI is InChI=1S/C16H13B3F6N4O3/c17-11-14(18,19)4-2-1-3-13(30,16(23,24)25)12-29-28-10(32-12)8-7(26)5-6(15(20,21)22)9(27-8)31-11/h5,11,30H,1-4,26H2. The molecule has 2 aromatic rings. The van der Waals surface area contributed by atoms with Gasteiger partial charge in [0.1, 0.15) is 13.4 Å². The Kier molecular flexibility index (Phi) is 5.98. The number of fused-ring (bicyclic) bond motifs is 5. The van der Waals surface area contributed by atoms with Gasteiger partial charge in [-0.15, -0.1) is 10.2 Å². The van der Waals surface area contributed by atoms with Gasteiger partial charge in [-0.25, -0.2) is 4.98 Å². The van der Waals surface area contributed by atoms with Crippen LogP contribution in [0.4, 0.5) is 32.0 Å². The lowest BCUT2D eigenvalue weighted by molar-refractivity contribution is -0.277. The molecule has 1 aliphatic rings. The number of hydrogen-bond donors (Lipinski definition) is 2. The van der Waals surface area contributed by atoms with Gasteiger partial charge in [0.2, 0.25) is 11.5 Å². The van der Waals surface area contributed by atoms with E-state index in [0.717, 1.165) is 0 Å². The van der Waals surface area contributed by atoms with Crippen molar-refractivity contribution in [1.29, 1.82) is 0 Å². The molecule has 0 saturated carbocycles. The molecule has 4 bridgehead atoms. The lowest BCUT2D eigenvalue weighted by Crippen LogP contribution is -2.42. The second kappa shape index (κ2) is 7.89. The summed E-state index contributed by atoms with van der Waals surface area (Å²) >= 11 is 0. The van der Waals surface area contributed by atoms with Crippen molar-refractivity contribution >= 4 is 29.2 Å². The van der Waals surface area contributed by atoms with Gasteiger partial charge in [0.25, 0.3) is 11.8 Å². The summed E-state index contributed by atoms with van der Waals surface area (Å²) in [5.41, 5.74) is -0.677. The molecule has 166 valence electrons. The highest BCUT2D eigenvalue weighted by Gasteiger charge is 2.58. The first-order valence-electron chi connectivity index (χ1n) is 9.07. The van der Waals surface area contributed by atoms with Crippen molar-refractivity contribution in [3.63, 3.8) is 0 Å². The van der Waals surface area contributed by atoms with Gasteiger partial charge in [0.15, 0.2) is 5.69 Å². The molecule has 6 radical (unpaired) electrons. The van der Waals surface area contributed by atoms with Crippen molar-refractivity contribution in [3.05, 3.63) is 17.5 Å². The summed E-state index contributed by atoms with van der Waals surface area (Å²) in [6.07, 6.45) is -11.8. The van der Waals surface area contributed by atoms with E-state index in [1.165, 1.54) is 0 Å². The number of ether oxygens (including phenoxy) is 1. The number of nitrogens with zero attached hydrogens (tertiary/aromatic N) is 3. The predicted octanol–water partition coefficient (Wildman–Crippen LogP) is 2.38. The molecule has 3 rings (SSSR count). The average Bonchev–Trinajstić information content (AvgIpc) is 3.14. The molecule has 0 fully saturated rings. The minimum Gasteiger partial charge on any atom is -0.485 e. The van der Waals surface area contributed by atoms with E-state index < -0.39 is 70.2 Å². The van der Waals surface area contributed by atoms with Gasteiger partial charge < -0.3 is 20.0 Å². The largest absolute Gasteiger partial charge is 0.485 e. The quantitative estimate of drug-likeness (QED) is 0.464. The third-order valence-corrected chi connectivity index (χ3v) is 4.94. The molecule has 2 aromatic heterocycles. The zero-order chi connectivity index (χ0) is 24.1. The van der Waals surface area contributed by atoms with Crippen LogP contribution in [0.2, 0.25) is 5.21 Å². The molecule has 7 nitrogen and oxygen atoms in total. The minimum atomic E-state index is -5.22. The molecule has 3 N–H and O–H groups in total. The molecule has 0 amide bonds. The highest BCUT2D eigenvalue weighted by atomic mass is 19.4. The maximum absolute atomic E-state index is 13.6. The summed E-state index contributed by atoms with van der Waals surface area (Å²) in [7, 11) is 17.4. The predicted molar refractivity (Wildman–Crippen MR) is 99.7 cm³/mol. The van der Waals surface area contributed by atoms with Crippen LogP contribution in [0.5, 0.6) is 5.88 Å². The molecule has 0 saturated heterocycles. The number of aromatic nitrogens is 3. The zero-order valence-electron chi connectivity index (χ0n) is 16.2. The number of nitrogens with two attached hydrogens (primary N) is 1. The Morgan fingerprint density at radius 1 is 1.09 bits per heavy atom. The van der Waals surface area contributed by atoms with Crippen LogP contribution in [0.15, 0.2) is 10.5 Å². The molecule has 16 heteroatoms. The van der Waals surface area contributed by atoms with Crippen LogP contribution in [0, 0.1) is 0 Å². The molecule has 1 aliphatic heterocycles. The normalized spacial score (nSPS) is 24.4. The van der Waals surface area contributed by atoms with Crippen molar-refractivity contribution in [1.82, 2.24) is 15.2 Å². The van der Waals surface area contributed by atoms with Gasteiger partial charge in [-0.3, -0.25) is 0 Å². The Balaban J connectivity index is 2.22. The third-order valence-electron chi connectivity index (χ3n) is 4.94. The smallest absolute Gasteiger partial charge is 0.426 e. The maximum atomic E-state index is 13.6. The topological polar surface area (TPSA) is 107 Å². The summed E-state index contributed by atoms with van der Waals surface area (Å²) < 4.78 is 91.3.